The Morgan fingerprint density at radius 3 is 2.95 bits per heavy atom. The summed E-state index contributed by atoms with van der Waals surface area (Å²) in [7, 11) is -2.44. The van der Waals surface area contributed by atoms with Gasteiger partial charge in [-0.25, -0.2) is 8.42 Å². The van der Waals surface area contributed by atoms with Crippen LogP contribution in [0.1, 0.15) is 12.8 Å². The third kappa shape index (κ3) is 2.94. The maximum Gasteiger partial charge on any atom is 0.309 e. The molecule has 1 atom stereocenters. The highest BCUT2D eigenvalue weighted by atomic mass is 35.5. The van der Waals surface area contributed by atoms with Crippen LogP contribution in [0.5, 0.6) is 0 Å². The van der Waals surface area contributed by atoms with E-state index in [0.717, 1.165) is 0 Å². The predicted octanol–water partition coefficient (Wildman–Crippen LogP) is 1.31. The third-order valence-corrected chi connectivity index (χ3v) is 5.60. The van der Waals surface area contributed by atoms with E-state index in [1.165, 1.54) is 29.9 Å². The van der Waals surface area contributed by atoms with E-state index in [4.69, 9.17) is 11.6 Å². The third-order valence-electron chi connectivity index (χ3n) is 3.27. The minimum Gasteiger partial charge on any atom is -0.469 e. The van der Waals surface area contributed by atoms with Crippen molar-refractivity contribution >= 4 is 27.6 Å². The minimum atomic E-state index is -3.74. The van der Waals surface area contributed by atoms with E-state index in [2.05, 4.69) is 9.72 Å². The monoisotopic (exact) mass is 318 g/mol. The molecule has 0 aromatic carbocycles. The molecule has 20 heavy (non-hydrogen) atoms. The van der Waals surface area contributed by atoms with E-state index in [1.807, 2.05) is 0 Å². The Morgan fingerprint density at radius 1 is 1.55 bits per heavy atom. The molecule has 1 aromatic heterocycles. The number of esters is 1. The lowest BCUT2D eigenvalue weighted by atomic mass is 10.0. The van der Waals surface area contributed by atoms with Gasteiger partial charge in [-0.3, -0.25) is 9.78 Å². The zero-order valence-electron chi connectivity index (χ0n) is 11.0. The summed E-state index contributed by atoms with van der Waals surface area (Å²) in [5.41, 5.74) is 0. The lowest BCUT2D eigenvalue weighted by molar-refractivity contribution is -0.146. The van der Waals surface area contributed by atoms with E-state index >= 15 is 0 Å². The van der Waals surface area contributed by atoms with Crippen LogP contribution < -0.4 is 0 Å². The number of nitrogens with zero attached hydrogens (tertiary/aromatic N) is 2. The number of methoxy groups -OCH3 is 1. The lowest BCUT2D eigenvalue weighted by Gasteiger charge is -2.30. The molecule has 2 rings (SSSR count). The average molecular weight is 319 g/mol. The topological polar surface area (TPSA) is 76.6 Å². The van der Waals surface area contributed by atoms with E-state index < -0.39 is 15.9 Å². The van der Waals surface area contributed by atoms with Crippen LogP contribution in [0.25, 0.3) is 0 Å². The van der Waals surface area contributed by atoms with Crippen molar-refractivity contribution in [2.75, 3.05) is 20.2 Å². The van der Waals surface area contributed by atoms with Crippen molar-refractivity contribution in [2.24, 2.45) is 5.92 Å². The van der Waals surface area contributed by atoms with Crippen molar-refractivity contribution in [3.05, 3.63) is 23.5 Å². The van der Waals surface area contributed by atoms with Gasteiger partial charge in [0, 0.05) is 25.5 Å². The van der Waals surface area contributed by atoms with Gasteiger partial charge in [0.2, 0.25) is 10.0 Å². The first-order valence-corrected chi connectivity index (χ1v) is 7.96. The van der Waals surface area contributed by atoms with Crippen LogP contribution in [0, 0.1) is 5.92 Å². The Hall–Kier alpha value is -1.18. The second kappa shape index (κ2) is 6.07. The normalized spacial score (nSPS) is 20.6. The molecular formula is C12H15ClN2O4S. The fraction of sp³-hybridized carbons (Fsp3) is 0.500. The van der Waals surface area contributed by atoms with E-state index in [-0.39, 0.29) is 22.4 Å². The molecule has 1 aliphatic rings. The summed E-state index contributed by atoms with van der Waals surface area (Å²) in [4.78, 5) is 15.3. The molecule has 0 bridgehead atoms. The van der Waals surface area contributed by atoms with Gasteiger partial charge < -0.3 is 4.74 Å². The second-order valence-electron chi connectivity index (χ2n) is 4.53. The fourth-order valence-corrected chi connectivity index (χ4v) is 4.14. The van der Waals surface area contributed by atoms with Crippen LogP contribution >= 0.6 is 11.6 Å². The minimum absolute atomic E-state index is 0.0350. The highest BCUT2D eigenvalue weighted by Gasteiger charge is 2.34. The molecule has 2 heterocycles. The summed E-state index contributed by atoms with van der Waals surface area (Å²) in [6.45, 7) is 0.473. The number of hydrogen-bond acceptors (Lipinski definition) is 5. The fourth-order valence-electron chi connectivity index (χ4n) is 2.21. The van der Waals surface area contributed by atoms with E-state index in [1.54, 1.807) is 0 Å². The molecule has 110 valence electrons. The van der Waals surface area contributed by atoms with Crippen molar-refractivity contribution in [3.8, 4) is 0 Å². The molecule has 0 saturated carbocycles. The predicted molar refractivity (Wildman–Crippen MR) is 72.7 cm³/mol. The summed E-state index contributed by atoms with van der Waals surface area (Å²) >= 11 is 5.92. The Morgan fingerprint density at radius 2 is 2.30 bits per heavy atom. The molecule has 0 amide bonds. The maximum atomic E-state index is 12.5. The molecule has 1 saturated heterocycles. The molecule has 0 radical (unpaired) electrons. The number of rotatable bonds is 3. The molecule has 1 unspecified atom stereocenters. The quantitative estimate of drug-likeness (QED) is 0.785. The number of hydrogen-bond donors (Lipinski definition) is 0. The number of carbonyl (C=O) groups excluding carboxylic acids is 1. The van der Waals surface area contributed by atoms with Gasteiger partial charge in [0.1, 0.15) is 4.90 Å². The van der Waals surface area contributed by atoms with Gasteiger partial charge in [-0.1, -0.05) is 11.6 Å². The second-order valence-corrected chi connectivity index (χ2v) is 6.85. The molecule has 1 aromatic rings. The van der Waals surface area contributed by atoms with Crippen molar-refractivity contribution in [3.63, 3.8) is 0 Å². The largest absolute Gasteiger partial charge is 0.469 e. The van der Waals surface area contributed by atoms with Gasteiger partial charge in [0.05, 0.1) is 18.1 Å². The molecule has 1 fully saturated rings. The van der Waals surface area contributed by atoms with Gasteiger partial charge in [0.15, 0.2) is 0 Å². The molecule has 0 spiro atoms. The summed E-state index contributed by atoms with van der Waals surface area (Å²) in [5.74, 6) is -0.818. The average Bonchev–Trinajstić information content (AvgIpc) is 2.47. The number of ether oxygens (including phenoxy) is 1. The molecular weight excluding hydrogens is 304 g/mol. The molecule has 0 N–H and O–H groups in total. The summed E-state index contributed by atoms with van der Waals surface area (Å²) in [6, 6.07) is 1.43. The van der Waals surface area contributed by atoms with E-state index in [9.17, 15) is 13.2 Å². The lowest BCUT2D eigenvalue weighted by Crippen LogP contribution is -2.42. The van der Waals surface area contributed by atoms with Crippen LogP contribution in [-0.4, -0.2) is 43.9 Å². The Kier molecular flexibility index (Phi) is 4.62. The number of halogens is 1. The Labute approximate surface area is 122 Å². The summed E-state index contributed by atoms with van der Waals surface area (Å²) in [5, 5.41) is 0.125. The Balaban J connectivity index is 2.26. The van der Waals surface area contributed by atoms with Crippen molar-refractivity contribution in [1.29, 1.82) is 0 Å². The molecule has 1 aliphatic heterocycles. The van der Waals surface area contributed by atoms with Gasteiger partial charge in [0.25, 0.3) is 0 Å². The van der Waals surface area contributed by atoms with Crippen LogP contribution in [0.15, 0.2) is 23.4 Å². The van der Waals surface area contributed by atoms with Gasteiger partial charge in [-0.05, 0) is 18.9 Å². The SMILES string of the molecule is COC(=O)C1CCCN(S(=O)(=O)c2cnccc2Cl)C1. The van der Waals surface area contributed by atoms with Crippen LogP contribution in [0.2, 0.25) is 5.02 Å². The Bertz CT molecular complexity index is 605. The zero-order chi connectivity index (χ0) is 14.8. The first kappa shape index (κ1) is 15.2. The number of sulfonamides is 1. The highest BCUT2D eigenvalue weighted by Crippen LogP contribution is 2.27. The van der Waals surface area contributed by atoms with Gasteiger partial charge in [-0.2, -0.15) is 4.31 Å². The molecule has 8 heteroatoms. The van der Waals surface area contributed by atoms with Crippen LogP contribution in [0.3, 0.4) is 0 Å². The van der Waals surface area contributed by atoms with Crippen molar-refractivity contribution in [2.45, 2.75) is 17.7 Å². The zero-order valence-corrected chi connectivity index (χ0v) is 12.5. The number of carbonyl (C=O) groups is 1. The number of piperidine rings is 1. The maximum absolute atomic E-state index is 12.5. The summed E-state index contributed by atoms with van der Waals surface area (Å²) in [6.07, 6.45) is 3.88. The number of aromatic nitrogens is 1. The standard InChI is InChI=1S/C12H15ClN2O4S/c1-19-12(16)9-3-2-6-15(8-9)20(17,18)11-7-14-5-4-10(11)13/h4-5,7,9H,2-3,6,8H2,1H3. The summed E-state index contributed by atoms with van der Waals surface area (Å²) < 4.78 is 31.0. The van der Waals surface area contributed by atoms with Crippen LogP contribution in [0.4, 0.5) is 0 Å². The smallest absolute Gasteiger partial charge is 0.309 e. The van der Waals surface area contributed by atoms with Crippen molar-refractivity contribution in [1.82, 2.24) is 9.29 Å². The number of pyridine rings is 1. The van der Waals surface area contributed by atoms with Gasteiger partial charge in [-0.15, -0.1) is 0 Å². The molecule has 6 nitrogen and oxygen atoms in total. The highest BCUT2D eigenvalue weighted by molar-refractivity contribution is 7.89. The van der Waals surface area contributed by atoms with Gasteiger partial charge >= 0.3 is 5.97 Å². The van der Waals surface area contributed by atoms with E-state index in [0.29, 0.717) is 19.4 Å². The molecule has 0 aliphatic carbocycles. The first-order valence-electron chi connectivity index (χ1n) is 6.14. The first-order chi connectivity index (χ1) is 9.46. The van der Waals surface area contributed by atoms with Crippen molar-refractivity contribution < 1.29 is 17.9 Å². The van der Waals surface area contributed by atoms with Crippen LogP contribution in [-0.2, 0) is 19.6 Å².